The van der Waals surface area contributed by atoms with E-state index in [1.807, 2.05) is 36.4 Å². The molecule has 0 aliphatic rings. The zero-order valence-corrected chi connectivity index (χ0v) is 15.0. The van der Waals surface area contributed by atoms with Crippen LogP contribution in [0.15, 0.2) is 48.5 Å². The lowest BCUT2D eigenvalue weighted by Gasteiger charge is -2.28. The topological polar surface area (TPSA) is 18.5 Å². The molecule has 0 N–H and O–H groups in total. The molecule has 2 aromatic carbocycles. The average Bonchev–Trinajstić information content (AvgIpc) is 2.60. The van der Waals surface area contributed by atoms with Gasteiger partial charge in [-0.25, -0.2) is 0 Å². The molecule has 2 unspecified atom stereocenters. The lowest BCUT2D eigenvalue weighted by Crippen LogP contribution is -2.15. The van der Waals surface area contributed by atoms with Gasteiger partial charge in [-0.05, 0) is 38.1 Å². The normalized spacial score (nSPS) is 14.0. The van der Waals surface area contributed by atoms with Crippen molar-refractivity contribution < 1.29 is 9.47 Å². The van der Waals surface area contributed by atoms with Gasteiger partial charge in [-0.1, -0.05) is 55.4 Å². The molecule has 0 saturated carbocycles. The van der Waals surface area contributed by atoms with Crippen LogP contribution < -0.4 is 9.47 Å². The number of ether oxygens (including phenoxy) is 2. The Bertz CT molecular complexity index is 597. The minimum absolute atomic E-state index is 0.109. The predicted molar refractivity (Wildman–Crippen MR) is 95.6 cm³/mol. The maximum atomic E-state index is 6.26. The number of methoxy groups -OCH3 is 1. The second-order valence-electron chi connectivity index (χ2n) is 5.42. The van der Waals surface area contributed by atoms with Gasteiger partial charge in [0.25, 0.3) is 0 Å². The molecule has 0 radical (unpaired) electrons. The highest BCUT2D eigenvalue weighted by Crippen LogP contribution is 2.50. The van der Waals surface area contributed by atoms with Gasteiger partial charge in [-0.3, -0.25) is 0 Å². The lowest BCUT2D eigenvalue weighted by molar-refractivity contribution is 0.299. The van der Waals surface area contributed by atoms with Crippen molar-refractivity contribution in [3.63, 3.8) is 0 Å². The first-order valence-corrected chi connectivity index (χ1v) is 9.37. The fourth-order valence-corrected chi connectivity index (χ4v) is 3.37. The van der Waals surface area contributed by atoms with Gasteiger partial charge in [0, 0.05) is 10.7 Å². The Morgan fingerprint density at radius 1 is 1.14 bits per heavy atom. The summed E-state index contributed by atoms with van der Waals surface area (Å²) in [6.07, 6.45) is 0.948. The van der Waals surface area contributed by atoms with Crippen LogP contribution in [-0.4, -0.2) is 7.11 Å². The molecule has 2 aromatic rings. The number of hydrogen-bond acceptors (Lipinski definition) is 2. The van der Waals surface area contributed by atoms with Crippen molar-refractivity contribution in [3.05, 3.63) is 59.7 Å². The summed E-state index contributed by atoms with van der Waals surface area (Å²) < 4.78 is 11.4. The highest BCUT2D eigenvalue weighted by atomic mass is 35.7. The molecule has 2 nitrogen and oxygen atoms in total. The zero-order valence-electron chi connectivity index (χ0n) is 13.2. The summed E-state index contributed by atoms with van der Waals surface area (Å²) in [6.45, 7) is 4.86. The van der Waals surface area contributed by atoms with Crippen LogP contribution in [0, 0.1) is 0 Å². The number of benzene rings is 2. The highest BCUT2D eigenvalue weighted by Gasteiger charge is 2.28. The van der Waals surface area contributed by atoms with Crippen molar-refractivity contribution >= 4 is 19.2 Å². The summed E-state index contributed by atoms with van der Waals surface area (Å²) in [5.41, 5.74) is 2.26. The molecule has 4 heteroatoms. The Hall–Kier alpha value is -1.24. The fraction of sp³-hybridized carbons (Fsp3) is 0.333. The van der Waals surface area contributed by atoms with Crippen molar-refractivity contribution in [1.82, 2.24) is 0 Å². The van der Waals surface area contributed by atoms with Crippen LogP contribution in [0.5, 0.6) is 11.5 Å². The fourth-order valence-electron chi connectivity index (χ4n) is 2.24. The zero-order chi connectivity index (χ0) is 16.0. The molecule has 0 aromatic heterocycles. The van der Waals surface area contributed by atoms with E-state index in [1.165, 1.54) is 0 Å². The maximum absolute atomic E-state index is 6.26. The molecule has 118 valence electrons. The maximum Gasteiger partial charge on any atom is 0.124 e. The van der Waals surface area contributed by atoms with E-state index in [2.05, 4.69) is 26.0 Å². The molecular weight excluding hydrogens is 315 g/mol. The molecule has 0 aliphatic carbocycles. The summed E-state index contributed by atoms with van der Waals surface area (Å²) in [5.74, 6) is 1.71. The van der Waals surface area contributed by atoms with Gasteiger partial charge in [0.2, 0.25) is 0 Å². The second kappa shape index (κ2) is 7.85. The van der Waals surface area contributed by atoms with Gasteiger partial charge in [-0.15, -0.1) is 0 Å². The van der Waals surface area contributed by atoms with E-state index in [-0.39, 0.29) is 13.1 Å². The van der Waals surface area contributed by atoms with Crippen molar-refractivity contribution in [2.75, 3.05) is 7.11 Å². The average molecular weight is 337 g/mol. The van der Waals surface area contributed by atoms with E-state index in [0.29, 0.717) is 6.61 Å². The minimum atomic E-state index is -0.109. The SMILES string of the molecule is CCC(C)(PCl)c1cc(OC)ccc1OCc1ccccc1. The molecule has 0 heterocycles. The van der Waals surface area contributed by atoms with Crippen molar-refractivity contribution in [3.8, 4) is 11.5 Å². The van der Waals surface area contributed by atoms with Crippen molar-refractivity contribution in [2.45, 2.75) is 32.0 Å². The molecule has 2 rings (SSSR count). The number of hydrogen-bond donors (Lipinski definition) is 0. The standard InChI is InChI=1S/C18H22ClO2P/c1-4-18(2,22-19)16-12-15(20-3)10-11-17(16)21-13-14-8-6-5-7-9-14/h5-12,22H,4,13H2,1-3H3. The van der Waals surface area contributed by atoms with Crippen LogP contribution in [0.25, 0.3) is 0 Å². The largest absolute Gasteiger partial charge is 0.497 e. The third-order valence-electron chi connectivity index (χ3n) is 3.93. The Balaban J connectivity index is 2.30. The molecule has 2 atom stereocenters. The second-order valence-corrected chi connectivity index (χ2v) is 7.28. The van der Waals surface area contributed by atoms with Crippen LogP contribution >= 0.6 is 19.2 Å². The van der Waals surface area contributed by atoms with E-state index in [4.69, 9.17) is 20.7 Å². The van der Waals surface area contributed by atoms with Crippen LogP contribution in [0.1, 0.15) is 31.4 Å². The van der Waals surface area contributed by atoms with Crippen LogP contribution in [0.2, 0.25) is 0 Å². The van der Waals surface area contributed by atoms with Gasteiger partial charge in [0.15, 0.2) is 0 Å². The first-order valence-electron chi connectivity index (χ1n) is 7.36. The van der Waals surface area contributed by atoms with E-state index in [0.717, 1.165) is 29.0 Å². The Kier molecular flexibility index (Phi) is 6.11. The lowest BCUT2D eigenvalue weighted by atomic mass is 9.96. The summed E-state index contributed by atoms with van der Waals surface area (Å²) in [4.78, 5) is 0. The number of halogens is 1. The molecule has 0 fully saturated rings. The van der Waals surface area contributed by atoms with Crippen molar-refractivity contribution in [2.24, 2.45) is 0 Å². The molecule has 0 aliphatic heterocycles. The highest BCUT2D eigenvalue weighted by molar-refractivity contribution is 7.69. The van der Waals surface area contributed by atoms with E-state index in [9.17, 15) is 0 Å². The molecule has 0 amide bonds. The molecular formula is C18H22ClO2P. The van der Waals surface area contributed by atoms with Crippen molar-refractivity contribution in [1.29, 1.82) is 0 Å². The summed E-state index contributed by atoms with van der Waals surface area (Å²) in [7, 11) is 1.96. The minimum Gasteiger partial charge on any atom is -0.497 e. The van der Waals surface area contributed by atoms with E-state index >= 15 is 0 Å². The van der Waals surface area contributed by atoms with E-state index < -0.39 is 0 Å². The number of rotatable bonds is 7. The molecule has 0 spiro atoms. The summed E-state index contributed by atoms with van der Waals surface area (Å²) in [6, 6.07) is 16.1. The Labute approximate surface area is 139 Å². The van der Waals surface area contributed by atoms with E-state index in [1.54, 1.807) is 7.11 Å². The smallest absolute Gasteiger partial charge is 0.124 e. The van der Waals surface area contributed by atoms with Gasteiger partial charge < -0.3 is 9.47 Å². The Morgan fingerprint density at radius 2 is 1.86 bits per heavy atom. The van der Waals surface area contributed by atoms with Gasteiger partial charge in [-0.2, -0.15) is 0 Å². The third kappa shape index (κ3) is 3.94. The molecule has 22 heavy (non-hydrogen) atoms. The van der Waals surface area contributed by atoms with Gasteiger partial charge in [0.05, 0.1) is 7.11 Å². The first kappa shape index (κ1) is 17.1. The van der Waals surface area contributed by atoms with Gasteiger partial charge in [0.1, 0.15) is 18.1 Å². The van der Waals surface area contributed by atoms with Crippen LogP contribution in [0.3, 0.4) is 0 Å². The first-order chi connectivity index (χ1) is 10.6. The molecule has 0 bridgehead atoms. The summed E-state index contributed by atoms with van der Waals surface area (Å²) >= 11 is 6.26. The monoisotopic (exact) mass is 336 g/mol. The van der Waals surface area contributed by atoms with Gasteiger partial charge >= 0.3 is 0 Å². The Morgan fingerprint density at radius 3 is 2.45 bits per heavy atom. The van der Waals surface area contributed by atoms with Crippen LogP contribution in [-0.2, 0) is 11.8 Å². The predicted octanol–water partition coefficient (Wildman–Crippen LogP) is 5.73. The quantitative estimate of drug-likeness (QED) is 0.601. The van der Waals surface area contributed by atoms with Crippen LogP contribution in [0.4, 0.5) is 0 Å². The molecule has 0 saturated heterocycles. The third-order valence-corrected chi connectivity index (χ3v) is 6.23. The summed E-state index contributed by atoms with van der Waals surface area (Å²) in [5, 5.41) is -0.109.